The molecule has 0 radical (unpaired) electrons. The summed E-state index contributed by atoms with van der Waals surface area (Å²) in [5.74, 6) is 0. The number of nitrogens with zero attached hydrogens (tertiary/aromatic N) is 1. The Kier molecular flexibility index (Phi) is 5.31. The third-order valence-corrected chi connectivity index (χ3v) is 4.21. The number of alkyl halides is 1. The summed E-state index contributed by atoms with van der Waals surface area (Å²) >= 11 is 6.08. The van der Waals surface area contributed by atoms with Crippen molar-refractivity contribution in [3.8, 4) is 0 Å². The van der Waals surface area contributed by atoms with Crippen LogP contribution in [0.5, 0.6) is 0 Å². The molecule has 0 aliphatic rings. The van der Waals surface area contributed by atoms with Crippen molar-refractivity contribution in [2.24, 2.45) is 0 Å². The highest BCUT2D eigenvalue weighted by Crippen LogP contribution is 2.26. The molecule has 0 saturated carbocycles. The molecular formula is C12H16ClNO4S. The van der Waals surface area contributed by atoms with Gasteiger partial charge in [0.05, 0.1) is 9.82 Å². The third kappa shape index (κ3) is 4.47. The van der Waals surface area contributed by atoms with E-state index in [2.05, 4.69) is 0 Å². The summed E-state index contributed by atoms with van der Waals surface area (Å²) in [6.07, 6.45) is 3.03. The lowest BCUT2D eigenvalue weighted by atomic mass is 10.1. The van der Waals surface area contributed by atoms with Crippen molar-refractivity contribution < 1.29 is 13.3 Å². The van der Waals surface area contributed by atoms with Gasteiger partial charge in [-0.25, -0.2) is 8.42 Å². The van der Waals surface area contributed by atoms with Gasteiger partial charge in [0.2, 0.25) is 0 Å². The van der Waals surface area contributed by atoms with Crippen LogP contribution in [0.25, 0.3) is 0 Å². The van der Waals surface area contributed by atoms with Gasteiger partial charge in [0.15, 0.2) is 9.84 Å². The van der Waals surface area contributed by atoms with E-state index in [4.69, 9.17) is 11.6 Å². The number of halogens is 1. The standard InChI is InChI=1S/C12H16ClNO4S/c1-3-4-10(13)7-9-5-6-11(19(2,17)18)8-12(9)14(15)16/h5-6,8,10H,3-4,7H2,1-2H3. The highest BCUT2D eigenvalue weighted by Gasteiger charge is 2.20. The van der Waals surface area contributed by atoms with Gasteiger partial charge >= 0.3 is 0 Å². The zero-order valence-electron chi connectivity index (χ0n) is 10.8. The fraction of sp³-hybridized carbons (Fsp3) is 0.500. The molecule has 0 fully saturated rings. The predicted molar refractivity (Wildman–Crippen MR) is 74.5 cm³/mol. The molecule has 0 saturated heterocycles. The van der Waals surface area contributed by atoms with Gasteiger partial charge in [0, 0.05) is 23.3 Å². The van der Waals surface area contributed by atoms with E-state index in [1.807, 2.05) is 6.92 Å². The number of hydrogen-bond donors (Lipinski definition) is 0. The second kappa shape index (κ2) is 6.34. The van der Waals surface area contributed by atoms with Crippen LogP contribution in [0.4, 0.5) is 5.69 Å². The molecule has 19 heavy (non-hydrogen) atoms. The fourth-order valence-electron chi connectivity index (χ4n) is 1.77. The minimum absolute atomic E-state index is 0.0513. The van der Waals surface area contributed by atoms with Crippen molar-refractivity contribution in [3.63, 3.8) is 0 Å². The number of rotatable bonds is 6. The molecule has 5 nitrogen and oxygen atoms in total. The zero-order valence-corrected chi connectivity index (χ0v) is 12.4. The Morgan fingerprint density at radius 1 is 1.42 bits per heavy atom. The SMILES string of the molecule is CCCC(Cl)Cc1ccc(S(C)(=O)=O)cc1[N+](=O)[O-]. The topological polar surface area (TPSA) is 77.3 Å². The molecule has 106 valence electrons. The first-order chi connectivity index (χ1) is 8.75. The molecule has 0 bridgehead atoms. The maximum Gasteiger partial charge on any atom is 0.273 e. The second-order valence-electron chi connectivity index (χ2n) is 4.41. The first-order valence-corrected chi connectivity index (χ1v) is 8.20. The molecule has 1 aromatic carbocycles. The van der Waals surface area contributed by atoms with Crippen LogP contribution in [0.1, 0.15) is 25.3 Å². The number of sulfone groups is 1. The number of benzene rings is 1. The first-order valence-electron chi connectivity index (χ1n) is 5.87. The quantitative estimate of drug-likeness (QED) is 0.460. The van der Waals surface area contributed by atoms with Gasteiger partial charge in [-0.1, -0.05) is 19.4 Å². The Morgan fingerprint density at radius 3 is 2.53 bits per heavy atom. The van der Waals surface area contributed by atoms with E-state index in [9.17, 15) is 18.5 Å². The summed E-state index contributed by atoms with van der Waals surface area (Å²) in [4.78, 5) is 10.4. The van der Waals surface area contributed by atoms with E-state index in [-0.39, 0.29) is 16.0 Å². The molecule has 0 aliphatic carbocycles. The van der Waals surface area contributed by atoms with Gasteiger partial charge in [-0.05, 0) is 18.9 Å². The molecule has 0 aromatic heterocycles. The Balaban J connectivity index is 3.16. The Hall–Kier alpha value is -1.14. The molecule has 0 aliphatic heterocycles. The van der Waals surface area contributed by atoms with Gasteiger partial charge in [-0.15, -0.1) is 11.6 Å². The van der Waals surface area contributed by atoms with E-state index >= 15 is 0 Å². The van der Waals surface area contributed by atoms with Crippen LogP contribution >= 0.6 is 11.6 Å². The largest absolute Gasteiger partial charge is 0.273 e. The van der Waals surface area contributed by atoms with Crippen LogP contribution < -0.4 is 0 Å². The van der Waals surface area contributed by atoms with Gasteiger partial charge < -0.3 is 0 Å². The van der Waals surface area contributed by atoms with Gasteiger partial charge in [-0.2, -0.15) is 0 Å². The number of nitro benzene ring substituents is 1. The van der Waals surface area contributed by atoms with Crippen molar-refractivity contribution >= 4 is 27.1 Å². The van der Waals surface area contributed by atoms with Crippen LogP contribution in [-0.4, -0.2) is 25.0 Å². The summed E-state index contributed by atoms with van der Waals surface area (Å²) in [5.41, 5.74) is 0.274. The lowest BCUT2D eigenvalue weighted by molar-refractivity contribution is -0.385. The highest BCUT2D eigenvalue weighted by atomic mass is 35.5. The smallest absolute Gasteiger partial charge is 0.258 e. The van der Waals surface area contributed by atoms with E-state index < -0.39 is 14.8 Å². The van der Waals surface area contributed by atoms with Crippen LogP contribution in [-0.2, 0) is 16.3 Å². The zero-order chi connectivity index (χ0) is 14.6. The van der Waals surface area contributed by atoms with E-state index in [0.717, 1.165) is 25.2 Å². The summed E-state index contributed by atoms with van der Waals surface area (Å²) in [5, 5.41) is 10.8. The molecule has 7 heteroatoms. The monoisotopic (exact) mass is 305 g/mol. The molecule has 0 spiro atoms. The van der Waals surface area contributed by atoms with Crippen molar-refractivity contribution in [2.75, 3.05) is 6.26 Å². The molecule has 1 atom stereocenters. The summed E-state index contributed by atoms with van der Waals surface area (Å²) in [6.45, 7) is 1.98. The Bertz CT molecular complexity index is 571. The molecule has 1 aromatic rings. The molecule has 0 heterocycles. The molecular weight excluding hydrogens is 290 g/mol. The van der Waals surface area contributed by atoms with E-state index in [1.165, 1.54) is 12.1 Å². The molecule has 1 rings (SSSR count). The molecule has 1 unspecified atom stereocenters. The average Bonchev–Trinajstić information content (AvgIpc) is 2.27. The first kappa shape index (κ1) is 15.9. The summed E-state index contributed by atoms with van der Waals surface area (Å²) < 4.78 is 22.8. The molecule has 0 amide bonds. The maximum atomic E-state index is 11.4. The Labute approximate surface area is 117 Å². The predicted octanol–water partition coefficient (Wildman–Crippen LogP) is 2.95. The fourth-order valence-corrected chi connectivity index (χ4v) is 2.80. The van der Waals surface area contributed by atoms with Crippen molar-refractivity contribution in [1.82, 2.24) is 0 Å². The van der Waals surface area contributed by atoms with Gasteiger partial charge in [-0.3, -0.25) is 10.1 Å². The van der Waals surface area contributed by atoms with Crippen LogP contribution in [0, 0.1) is 10.1 Å². The minimum Gasteiger partial charge on any atom is -0.258 e. The van der Waals surface area contributed by atoms with Crippen LogP contribution in [0.3, 0.4) is 0 Å². The van der Waals surface area contributed by atoms with E-state index in [1.54, 1.807) is 0 Å². The summed E-state index contributed by atoms with van der Waals surface area (Å²) in [6, 6.07) is 3.95. The van der Waals surface area contributed by atoms with Gasteiger partial charge in [0.1, 0.15) is 0 Å². The lowest BCUT2D eigenvalue weighted by Crippen LogP contribution is -2.07. The van der Waals surface area contributed by atoms with Crippen LogP contribution in [0.2, 0.25) is 0 Å². The van der Waals surface area contributed by atoms with E-state index in [0.29, 0.717) is 12.0 Å². The summed E-state index contributed by atoms with van der Waals surface area (Å²) in [7, 11) is -3.45. The van der Waals surface area contributed by atoms with Crippen LogP contribution in [0.15, 0.2) is 23.1 Å². The van der Waals surface area contributed by atoms with Crippen molar-refractivity contribution in [1.29, 1.82) is 0 Å². The van der Waals surface area contributed by atoms with Crippen molar-refractivity contribution in [2.45, 2.75) is 36.5 Å². The normalized spacial score (nSPS) is 13.2. The highest BCUT2D eigenvalue weighted by molar-refractivity contribution is 7.90. The second-order valence-corrected chi connectivity index (χ2v) is 7.04. The number of nitro groups is 1. The number of hydrogen-bond acceptors (Lipinski definition) is 4. The van der Waals surface area contributed by atoms with Gasteiger partial charge in [0.25, 0.3) is 5.69 Å². The maximum absolute atomic E-state index is 11.4. The average molecular weight is 306 g/mol. The lowest BCUT2D eigenvalue weighted by Gasteiger charge is -2.09. The molecule has 0 N–H and O–H groups in total. The van der Waals surface area contributed by atoms with Crippen molar-refractivity contribution in [3.05, 3.63) is 33.9 Å². The third-order valence-electron chi connectivity index (χ3n) is 2.72. The Morgan fingerprint density at radius 2 is 2.05 bits per heavy atom. The minimum atomic E-state index is -3.45.